The maximum absolute atomic E-state index is 4.95. The van der Waals surface area contributed by atoms with E-state index in [1.54, 1.807) is 0 Å². The first-order valence-electron chi connectivity index (χ1n) is 9.36. The van der Waals surface area contributed by atoms with Gasteiger partial charge in [0, 0.05) is 25.6 Å². The van der Waals surface area contributed by atoms with Gasteiger partial charge in [-0.2, -0.15) is 0 Å². The molecule has 25 heavy (non-hydrogen) atoms. The lowest BCUT2D eigenvalue weighted by Gasteiger charge is -2.09. The molecule has 4 nitrogen and oxygen atoms in total. The van der Waals surface area contributed by atoms with Gasteiger partial charge >= 0.3 is 0 Å². The highest BCUT2D eigenvalue weighted by atomic mass is 15.1. The monoisotopic (exact) mass is 334 g/mol. The number of rotatable bonds is 4. The second kappa shape index (κ2) is 6.17. The number of aryl methyl sites for hydroxylation is 4. The van der Waals surface area contributed by atoms with Crippen LogP contribution < -0.4 is 0 Å². The smallest absolute Gasteiger partial charge is 0.140 e. The Bertz CT molecular complexity index is 972. The number of benzene rings is 1. The van der Waals surface area contributed by atoms with Crippen LogP contribution in [0, 0.1) is 6.92 Å². The van der Waals surface area contributed by atoms with Gasteiger partial charge in [0.1, 0.15) is 11.6 Å². The first kappa shape index (κ1) is 16.1. The zero-order chi connectivity index (χ0) is 17.6. The van der Waals surface area contributed by atoms with Crippen LogP contribution in [-0.2, 0) is 26.4 Å². The number of allylic oxidation sites excluding steroid dienone is 1. The molecule has 2 heterocycles. The molecule has 0 saturated heterocycles. The van der Waals surface area contributed by atoms with Gasteiger partial charge in [0.2, 0.25) is 0 Å². The van der Waals surface area contributed by atoms with Crippen molar-refractivity contribution in [1.82, 2.24) is 19.1 Å². The SMILES string of the molecule is CCCc1nc2c(C)cc(-c3nc4c(n3C)C=CCC4)cc2n1CC. The van der Waals surface area contributed by atoms with E-state index in [0.29, 0.717) is 0 Å². The van der Waals surface area contributed by atoms with Crippen LogP contribution in [0.25, 0.3) is 28.5 Å². The van der Waals surface area contributed by atoms with Gasteiger partial charge in [-0.1, -0.05) is 13.0 Å². The van der Waals surface area contributed by atoms with E-state index in [-0.39, 0.29) is 0 Å². The lowest BCUT2D eigenvalue weighted by atomic mass is 10.1. The zero-order valence-corrected chi connectivity index (χ0v) is 15.6. The largest absolute Gasteiger partial charge is 0.328 e. The van der Waals surface area contributed by atoms with Crippen molar-refractivity contribution in [3.63, 3.8) is 0 Å². The molecule has 2 aromatic heterocycles. The third kappa shape index (κ3) is 2.51. The summed E-state index contributed by atoms with van der Waals surface area (Å²) in [6.45, 7) is 7.53. The molecule has 0 N–H and O–H groups in total. The second-order valence-electron chi connectivity index (χ2n) is 6.95. The standard InChI is InChI=1S/C21H26N4/c1-5-9-19-23-20-14(3)12-15(13-18(20)25(19)6-2)21-22-16-10-7-8-11-17(16)24(21)4/h8,11-13H,5-7,9-10H2,1-4H3. The van der Waals surface area contributed by atoms with Crippen LogP contribution in [0.3, 0.4) is 0 Å². The summed E-state index contributed by atoms with van der Waals surface area (Å²) in [5.74, 6) is 2.25. The molecule has 1 aliphatic carbocycles. The van der Waals surface area contributed by atoms with Crippen molar-refractivity contribution in [2.75, 3.05) is 0 Å². The quantitative estimate of drug-likeness (QED) is 0.694. The number of aromatic nitrogens is 4. The van der Waals surface area contributed by atoms with Gasteiger partial charge in [-0.25, -0.2) is 9.97 Å². The molecular formula is C21H26N4. The van der Waals surface area contributed by atoms with Crippen molar-refractivity contribution in [3.8, 4) is 11.4 Å². The summed E-state index contributed by atoms with van der Waals surface area (Å²) >= 11 is 0. The van der Waals surface area contributed by atoms with Gasteiger partial charge < -0.3 is 9.13 Å². The molecule has 0 bridgehead atoms. The van der Waals surface area contributed by atoms with Gasteiger partial charge in [-0.05, 0) is 56.9 Å². The highest BCUT2D eigenvalue weighted by Gasteiger charge is 2.18. The predicted molar refractivity (Wildman–Crippen MR) is 104 cm³/mol. The first-order valence-corrected chi connectivity index (χ1v) is 9.36. The van der Waals surface area contributed by atoms with Crippen molar-refractivity contribution < 1.29 is 0 Å². The van der Waals surface area contributed by atoms with Crippen LogP contribution in [0.5, 0.6) is 0 Å². The number of fused-ring (bicyclic) bond motifs is 2. The van der Waals surface area contributed by atoms with Gasteiger partial charge in [-0.15, -0.1) is 0 Å². The summed E-state index contributed by atoms with van der Waals surface area (Å²) in [4.78, 5) is 9.87. The van der Waals surface area contributed by atoms with E-state index in [4.69, 9.17) is 9.97 Å². The van der Waals surface area contributed by atoms with Gasteiger partial charge in [0.05, 0.1) is 22.4 Å². The average molecular weight is 334 g/mol. The molecule has 1 aliphatic rings. The van der Waals surface area contributed by atoms with Crippen molar-refractivity contribution >= 4 is 17.1 Å². The van der Waals surface area contributed by atoms with Crippen LogP contribution in [0.4, 0.5) is 0 Å². The minimum atomic E-state index is 0.953. The Morgan fingerprint density at radius 3 is 2.72 bits per heavy atom. The highest BCUT2D eigenvalue weighted by Crippen LogP contribution is 2.30. The Morgan fingerprint density at radius 2 is 2.00 bits per heavy atom. The van der Waals surface area contributed by atoms with Crippen LogP contribution >= 0.6 is 0 Å². The topological polar surface area (TPSA) is 35.6 Å². The van der Waals surface area contributed by atoms with Crippen molar-refractivity contribution in [1.29, 1.82) is 0 Å². The van der Waals surface area contributed by atoms with Crippen LogP contribution in [0.15, 0.2) is 18.2 Å². The van der Waals surface area contributed by atoms with E-state index >= 15 is 0 Å². The molecule has 4 heteroatoms. The summed E-state index contributed by atoms with van der Waals surface area (Å²) in [6.07, 6.45) is 8.72. The number of imidazole rings is 2. The molecule has 4 rings (SSSR count). The van der Waals surface area contributed by atoms with Gasteiger partial charge in [-0.3, -0.25) is 0 Å². The van der Waals surface area contributed by atoms with E-state index in [1.165, 1.54) is 33.9 Å². The van der Waals surface area contributed by atoms with Crippen LogP contribution in [-0.4, -0.2) is 19.1 Å². The van der Waals surface area contributed by atoms with Crippen LogP contribution in [0.2, 0.25) is 0 Å². The normalized spacial score (nSPS) is 13.6. The molecule has 0 unspecified atom stereocenters. The van der Waals surface area contributed by atoms with Gasteiger partial charge in [0.15, 0.2) is 0 Å². The van der Waals surface area contributed by atoms with E-state index in [2.05, 4.69) is 61.2 Å². The number of hydrogen-bond acceptors (Lipinski definition) is 2. The van der Waals surface area contributed by atoms with Crippen LogP contribution in [0.1, 0.15) is 49.5 Å². The summed E-state index contributed by atoms with van der Waals surface area (Å²) in [5.41, 5.74) is 7.25. The van der Waals surface area contributed by atoms with Crippen molar-refractivity contribution in [2.45, 2.75) is 53.0 Å². The fraction of sp³-hybridized carbons (Fsp3) is 0.429. The summed E-state index contributed by atoms with van der Waals surface area (Å²) in [7, 11) is 2.12. The zero-order valence-electron chi connectivity index (χ0n) is 15.6. The molecule has 3 aromatic rings. The Morgan fingerprint density at radius 1 is 1.16 bits per heavy atom. The number of nitrogens with zero attached hydrogens (tertiary/aromatic N) is 4. The Hall–Kier alpha value is -2.36. The van der Waals surface area contributed by atoms with E-state index < -0.39 is 0 Å². The molecule has 0 amide bonds. The Kier molecular flexibility index (Phi) is 3.98. The molecule has 130 valence electrons. The minimum Gasteiger partial charge on any atom is -0.328 e. The predicted octanol–water partition coefficient (Wildman–Crippen LogP) is 4.68. The summed E-state index contributed by atoms with van der Waals surface area (Å²) in [5, 5.41) is 0. The molecular weight excluding hydrogens is 308 g/mol. The third-order valence-electron chi connectivity index (χ3n) is 5.21. The van der Waals surface area contributed by atoms with Gasteiger partial charge in [0.25, 0.3) is 0 Å². The maximum atomic E-state index is 4.95. The molecule has 1 aromatic carbocycles. The Labute approximate surface area is 149 Å². The highest BCUT2D eigenvalue weighted by molar-refractivity contribution is 5.85. The Balaban J connectivity index is 1.92. The molecule has 0 aliphatic heterocycles. The number of hydrogen-bond donors (Lipinski definition) is 0. The lowest BCUT2D eigenvalue weighted by molar-refractivity contribution is 0.700. The molecule has 0 atom stereocenters. The fourth-order valence-electron chi connectivity index (χ4n) is 3.97. The lowest BCUT2D eigenvalue weighted by Crippen LogP contribution is -2.01. The van der Waals surface area contributed by atoms with Crippen molar-refractivity contribution in [2.24, 2.45) is 7.05 Å². The minimum absolute atomic E-state index is 0.953. The maximum Gasteiger partial charge on any atom is 0.140 e. The molecule has 0 radical (unpaired) electrons. The summed E-state index contributed by atoms with van der Waals surface area (Å²) < 4.78 is 4.59. The van der Waals surface area contributed by atoms with E-state index in [0.717, 1.165) is 43.6 Å². The first-order chi connectivity index (χ1) is 12.1. The third-order valence-corrected chi connectivity index (χ3v) is 5.21. The fourth-order valence-corrected chi connectivity index (χ4v) is 3.97. The second-order valence-corrected chi connectivity index (χ2v) is 6.95. The average Bonchev–Trinajstić information content (AvgIpc) is 3.13. The van der Waals surface area contributed by atoms with E-state index in [1.807, 2.05) is 0 Å². The molecule has 0 fully saturated rings. The summed E-state index contributed by atoms with van der Waals surface area (Å²) in [6, 6.07) is 4.51. The molecule has 0 spiro atoms. The van der Waals surface area contributed by atoms with E-state index in [9.17, 15) is 0 Å². The molecule has 0 saturated carbocycles. The van der Waals surface area contributed by atoms with Crippen molar-refractivity contribution in [3.05, 3.63) is 41.0 Å².